The minimum absolute atomic E-state index is 0.142. The molecule has 0 radical (unpaired) electrons. The van der Waals surface area contributed by atoms with Crippen LogP contribution in [0.2, 0.25) is 5.02 Å². The highest BCUT2D eigenvalue weighted by molar-refractivity contribution is 7.84. The van der Waals surface area contributed by atoms with E-state index >= 15 is 0 Å². The first kappa shape index (κ1) is 31.3. The van der Waals surface area contributed by atoms with E-state index in [9.17, 15) is 9.00 Å². The zero-order valence-corrected chi connectivity index (χ0v) is 27.0. The van der Waals surface area contributed by atoms with Gasteiger partial charge >= 0.3 is 0 Å². The van der Waals surface area contributed by atoms with Gasteiger partial charge in [-0.05, 0) is 91.3 Å². The summed E-state index contributed by atoms with van der Waals surface area (Å²) < 4.78 is 28.1. The summed E-state index contributed by atoms with van der Waals surface area (Å²) in [6, 6.07) is 12.0. The Morgan fingerprint density at radius 2 is 1.88 bits per heavy atom. The van der Waals surface area contributed by atoms with Crippen molar-refractivity contribution in [2.45, 2.75) is 82.8 Å². The number of ether oxygens (including phenoxy) is 2. The predicted molar refractivity (Wildman–Crippen MR) is 172 cm³/mol. The van der Waals surface area contributed by atoms with Crippen molar-refractivity contribution in [2.24, 2.45) is 17.8 Å². The molecule has 1 saturated carbocycles. The van der Waals surface area contributed by atoms with Crippen LogP contribution in [-0.2, 0) is 22.1 Å². The Morgan fingerprint density at radius 1 is 1.07 bits per heavy atom. The van der Waals surface area contributed by atoms with Gasteiger partial charge in [0.05, 0.1) is 17.5 Å². The summed E-state index contributed by atoms with van der Waals surface area (Å²) in [6.45, 7) is 7.25. The molecule has 0 saturated heterocycles. The number of aryl methyl sites for hydroxylation is 1. The molecule has 42 heavy (non-hydrogen) atoms. The molecular formula is C34H47ClN2O4S. The Labute approximate surface area is 259 Å². The van der Waals surface area contributed by atoms with E-state index in [1.807, 2.05) is 18.2 Å². The molecule has 1 aliphatic carbocycles. The van der Waals surface area contributed by atoms with Crippen LogP contribution in [0.4, 0.5) is 5.69 Å². The van der Waals surface area contributed by atoms with Gasteiger partial charge in [0.15, 0.2) is 0 Å². The summed E-state index contributed by atoms with van der Waals surface area (Å²) in [5.41, 5.74) is 4.07. The van der Waals surface area contributed by atoms with E-state index in [4.69, 9.17) is 21.1 Å². The van der Waals surface area contributed by atoms with Crippen molar-refractivity contribution in [3.8, 4) is 5.75 Å². The second-order valence-electron chi connectivity index (χ2n) is 12.6. The molecule has 2 bridgehead atoms. The molecule has 3 aliphatic rings. The quantitative estimate of drug-likeness (QED) is 0.369. The van der Waals surface area contributed by atoms with Gasteiger partial charge in [-0.3, -0.25) is 9.52 Å². The first-order valence-electron chi connectivity index (χ1n) is 15.9. The van der Waals surface area contributed by atoms with Gasteiger partial charge in [0.25, 0.3) is 5.91 Å². The summed E-state index contributed by atoms with van der Waals surface area (Å²) in [6.07, 6.45) is 9.82. The summed E-state index contributed by atoms with van der Waals surface area (Å²) in [5, 5.41) is 0.630. The van der Waals surface area contributed by atoms with E-state index in [-0.39, 0.29) is 23.0 Å². The van der Waals surface area contributed by atoms with Crippen LogP contribution in [0, 0.1) is 17.8 Å². The number of hydrogen-bond donors (Lipinski definition) is 1. The maximum atomic E-state index is 13.5. The van der Waals surface area contributed by atoms with Gasteiger partial charge in [0, 0.05) is 43.3 Å². The van der Waals surface area contributed by atoms with E-state index in [1.54, 1.807) is 13.2 Å². The molecule has 5 rings (SSSR count). The van der Waals surface area contributed by atoms with E-state index < -0.39 is 11.0 Å². The molecule has 8 heteroatoms. The van der Waals surface area contributed by atoms with Crippen molar-refractivity contribution < 1.29 is 18.5 Å². The number of halogens is 1. The molecule has 1 amide bonds. The lowest BCUT2D eigenvalue weighted by molar-refractivity contribution is 0.0982. The fraction of sp³-hybridized carbons (Fsp3) is 0.618. The third-order valence-corrected chi connectivity index (χ3v) is 11.6. The molecule has 2 aromatic rings. The smallest absolute Gasteiger partial charge is 0.263 e. The molecule has 6 atom stereocenters. The summed E-state index contributed by atoms with van der Waals surface area (Å²) in [4.78, 5) is 15.9. The zero-order valence-electron chi connectivity index (χ0n) is 25.4. The second-order valence-corrected chi connectivity index (χ2v) is 14.4. The van der Waals surface area contributed by atoms with E-state index in [0.29, 0.717) is 31.1 Å². The number of hydrogen-bond acceptors (Lipinski definition) is 5. The van der Waals surface area contributed by atoms with Crippen molar-refractivity contribution >= 4 is 34.2 Å². The lowest BCUT2D eigenvalue weighted by atomic mass is 9.70. The number of nitrogens with zero attached hydrogens (tertiary/aromatic N) is 1. The molecule has 1 fully saturated rings. The first-order valence-corrected chi connectivity index (χ1v) is 17.5. The van der Waals surface area contributed by atoms with E-state index in [0.717, 1.165) is 61.2 Å². The van der Waals surface area contributed by atoms with Crippen LogP contribution >= 0.6 is 11.6 Å². The molecule has 6 unspecified atom stereocenters. The normalized spacial score (nSPS) is 28.6. The van der Waals surface area contributed by atoms with Crippen LogP contribution < -0.4 is 14.4 Å². The molecule has 230 valence electrons. The van der Waals surface area contributed by atoms with Gasteiger partial charge in [-0.2, -0.15) is 0 Å². The highest BCUT2D eigenvalue weighted by atomic mass is 35.5. The largest absolute Gasteiger partial charge is 0.491 e. The van der Waals surface area contributed by atoms with Crippen molar-refractivity contribution in [3.05, 3.63) is 58.1 Å². The topological polar surface area (TPSA) is 67.9 Å². The molecular weight excluding hydrogens is 568 g/mol. The minimum atomic E-state index is -1.50. The fourth-order valence-corrected chi connectivity index (χ4v) is 8.63. The Morgan fingerprint density at radius 3 is 2.64 bits per heavy atom. The fourth-order valence-electron chi connectivity index (χ4n) is 7.12. The number of carbonyl (C=O) groups is 1. The SMILES string of the molecule is CCCc1cc(Cl)ccc1C1COc2ccc3cc2N(C1)CC1CCC1CCCCC(C)C(CCOC)S(=O)NC3=O. The Bertz CT molecular complexity index is 1260. The van der Waals surface area contributed by atoms with Crippen LogP contribution in [0.1, 0.15) is 92.6 Å². The van der Waals surface area contributed by atoms with Gasteiger partial charge < -0.3 is 14.4 Å². The van der Waals surface area contributed by atoms with Crippen molar-refractivity contribution in [2.75, 3.05) is 38.3 Å². The summed E-state index contributed by atoms with van der Waals surface area (Å²) in [7, 11) is 0.168. The van der Waals surface area contributed by atoms with Crippen molar-refractivity contribution in [1.82, 2.24) is 4.72 Å². The van der Waals surface area contributed by atoms with Gasteiger partial charge in [0.2, 0.25) is 0 Å². The minimum Gasteiger partial charge on any atom is -0.491 e. The monoisotopic (exact) mass is 614 g/mol. The van der Waals surface area contributed by atoms with Crippen LogP contribution in [0.3, 0.4) is 0 Å². The third kappa shape index (κ3) is 7.34. The van der Waals surface area contributed by atoms with E-state index in [1.165, 1.54) is 36.8 Å². The van der Waals surface area contributed by atoms with E-state index in [2.05, 4.69) is 35.6 Å². The molecule has 2 aromatic carbocycles. The number of rotatable bonds is 6. The zero-order chi connectivity index (χ0) is 29.6. The number of carbonyl (C=O) groups excluding carboxylic acids is 1. The summed E-state index contributed by atoms with van der Waals surface area (Å²) >= 11 is 6.41. The third-order valence-electron chi connectivity index (χ3n) is 9.73. The number of benzene rings is 2. The summed E-state index contributed by atoms with van der Waals surface area (Å²) in [5.74, 6) is 2.31. The molecule has 0 spiro atoms. The number of methoxy groups -OCH3 is 1. The Hall–Kier alpha value is -2.09. The number of fused-ring (bicyclic) bond motifs is 2. The standard InChI is InChI=1S/C34H47ClN2O4S/c1-4-7-25-18-29(35)13-14-30(25)28-21-37-20-27-11-10-24(27)9-6-5-8-23(2)33(16-17-40-3)42(39)36-34(38)26-12-15-32(41-22-28)31(37)19-26/h12-15,18-19,23-24,27-28,33H,4-11,16-17,20-22H2,1-3H3,(H,36,38). The maximum absolute atomic E-state index is 13.5. The van der Waals surface area contributed by atoms with Crippen LogP contribution in [0.15, 0.2) is 36.4 Å². The number of anilines is 1. The Balaban J connectivity index is 1.47. The lowest BCUT2D eigenvalue weighted by Crippen LogP contribution is -2.40. The number of amides is 1. The van der Waals surface area contributed by atoms with Crippen LogP contribution in [0.5, 0.6) is 5.75 Å². The predicted octanol–water partition coefficient (Wildman–Crippen LogP) is 7.31. The maximum Gasteiger partial charge on any atom is 0.263 e. The van der Waals surface area contributed by atoms with Gasteiger partial charge in [-0.25, -0.2) is 4.21 Å². The molecule has 6 nitrogen and oxygen atoms in total. The Kier molecular flexibility index (Phi) is 10.9. The van der Waals surface area contributed by atoms with Crippen molar-refractivity contribution in [3.63, 3.8) is 0 Å². The van der Waals surface area contributed by atoms with Crippen LogP contribution in [0.25, 0.3) is 0 Å². The van der Waals surface area contributed by atoms with Crippen LogP contribution in [-0.4, -0.2) is 48.8 Å². The molecule has 2 aliphatic heterocycles. The van der Waals surface area contributed by atoms with Gasteiger partial charge in [-0.15, -0.1) is 0 Å². The molecule has 0 aromatic heterocycles. The average molecular weight is 615 g/mol. The van der Waals surface area contributed by atoms with Crippen molar-refractivity contribution in [1.29, 1.82) is 0 Å². The highest BCUT2D eigenvalue weighted by Crippen LogP contribution is 2.43. The first-order chi connectivity index (χ1) is 20.4. The number of nitrogens with one attached hydrogen (secondary N) is 1. The van der Waals surface area contributed by atoms with Gasteiger partial charge in [-0.1, -0.05) is 57.2 Å². The van der Waals surface area contributed by atoms with Gasteiger partial charge in [0.1, 0.15) is 16.7 Å². The highest BCUT2D eigenvalue weighted by Gasteiger charge is 2.35. The molecule has 2 heterocycles. The lowest BCUT2D eigenvalue weighted by Gasteiger charge is -2.41. The molecule has 1 N–H and O–H groups in total. The second kappa shape index (κ2) is 14.6. The average Bonchev–Trinajstić information content (AvgIpc) is 3.14.